The molecule has 0 fully saturated rings. The predicted octanol–water partition coefficient (Wildman–Crippen LogP) is 9.34. The van der Waals surface area contributed by atoms with Gasteiger partial charge in [0, 0.05) is 5.41 Å². The minimum atomic E-state index is -0.0283. The molecule has 8 rings (SSSR count). The van der Waals surface area contributed by atoms with Crippen molar-refractivity contribution >= 4 is 17.1 Å². The van der Waals surface area contributed by atoms with Gasteiger partial charge in [-0.15, -0.1) is 0 Å². The lowest BCUT2D eigenvalue weighted by molar-refractivity contribution is 0.446. The van der Waals surface area contributed by atoms with Crippen molar-refractivity contribution in [3.05, 3.63) is 114 Å². The molecule has 0 amide bonds. The summed E-state index contributed by atoms with van der Waals surface area (Å²) in [4.78, 5) is 2.26. The lowest BCUT2D eigenvalue weighted by Gasteiger charge is -2.37. The summed E-state index contributed by atoms with van der Waals surface area (Å²) >= 11 is 0. The molecule has 0 saturated carbocycles. The van der Waals surface area contributed by atoms with Crippen molar-refractivity contribution in [3.63, 3.8) is 0 Å². The number of ether oxygens (including phenoxy) is 2. The van der Waals surface area contributed by atoms with Gasteiger partial charge in [0.25, 0.3) is 0 Å². The van der Waals surface area contributed by atoms with E-state index in [1.165, 1.54) is 27.8 Å². The van der Waals surface area contributed by atoms with Crippen molar-refractivity contribution in [2.45, 2.75) is 19.3 Å². The molecule has 0 saturated heterocycles. The fraction of sp³-hybridized carbons (Fsp3) is 0.0909. The van der Waals surface area contributed by atoms with Crippen LogP contribution < -0.4 is 14.4 Å². The lowest BCUT2D eigenvalue weighted by Crippen LogP contribution is -2.20. The van der Waals surface area contributed by atoms with E-state index >= 15 is 0 Å². The average molecular weight is 466 g/mol. The lowest BCUT2D eigenvalue weighted by atomic mass is 9.81. The van der Waals surface area contributed by atoms with Crippen LogP contribution in [0.2, 0.25) is 0 Å². The topological polar surface area (TPSA) is 21.7 Å². The van der Waals surface area contributed by atoms with E-state index in [2.05, 4.69) is 85.5 Å². The van der Waals surface area contributed by atoms with Crippen LogP contribution in [-0.4, -0.2) is 0 Å². The zero-order chi connectivity index (χ0) is 24.0. The first-order valence-corrected chi connectivity index (χ1v) is 12.4. The highest BCUT2D eigenvalue weighted by Crippen LogP contribution is 2.60. The van der Waals surface area contributed by atoms with Gasteiger partial charge in [0.15, 0.2) is 23.0 Å². The van der Waals surface area contributed by atoms with Crippen LogP contribution >= 0.6 is 0 Å². The van der Waals surface area contributed by atoms with Crippen LogP contribution in [0, 0.1) is 0 Å². The van der Waals surface area contributed by atoms with Crippen LogP contribution in [0.4, 0.5) is 17.1 Å². The molecule has 3 heteroatoms. The highest BCUT2D eigenvalue weighted by atomic mass is 16.5. The molecule has 0 N–H and O–H groups in total. The van der Waals surface area contributed by atoms with E-state index in [4.69, 9.17) is 9.47 Å². The van der Waals surface area contributed by atoms with Gasteiger partial charge in [-0.2, -0.15) is 0 Å². The molecule has 36 heavy (non-hydrogen) atoms. The Morgan fingerprint density at radius 3 is 2.06 bits per heavy atom. The summed E-state index contributed by atoms with van der Waals surface area (Å²) in [7, 11) is 0. The summed E-state index contributed by atoms with van der Waals surface area (Å²) in [5.74, 6) is 3.30. The van der Waals surface area contributed by atoms with Crippen molar-refractivity contribution in [3.8, 4) is 45.3 Å². The monoisotopic (exact) mass is 465 g/mol. The van der Waals surface area contributed by atoms with Crippen molar-refractivity contribution < 1.29 is 9.47 Å². The number of para-hydroxylation sites is 3. The normalized spacial score (nSPS) is 15.0. The van der Waals surface area contributed by atoms with E-state index in [0.29, 0.717) is 0 Å². The molecule has 0 bridgehead atoms. The van der Waals surface area contributed by atoms with Crippen molar-refractivity contribution in [1.82, 2.24) is 0 Å². The zero-order valence-electron chi connectivity index (χ0n) is 20.1. The molecule has 2 aliphatic heterocycles. The number of hydrogen-bond acceptors (Lipinski definition) is 3. The van der Waals surface area contributed by atoms with E-state index in [0.717, 1.165) is 45.6 Å². The number of benzene rings is 5. The van der Waals surface area contributed by atoms with E-state index in [1.54, 1.807) is 0 Å². The minimum Gasteiger partial charge on any atom is -0.453 e. The molecule has 3 nitrogen and oxygen atoms in total. The Morgan fingerprint density at radius 2 is 1.17 bits per heavy atom. The highest BCUT2D eigenvalue weighted by molar-refractivity contribution is 5.94. The second-order valence-electron chi connectivity index (χ2n) is 10.2. The van der Waals surface area contributed by atoms with Crippen molar-refractivity contribution in [1.29, 1.82) is 0 Å². The summed E-state index contributed by atoms with van der Waals surface area (Å²) in [6.45, 7) is 4.64. The second kappa shape index (κ2) is 6.79. The van der Waals surface area contributed by atoms with Crippen LogP contribution in [0.3, 0.4) is 0 Å². The third-order valence-corrected chi connectivity index (χ3v) is 7.85. The molecule has 0 atom stereocenters. The van der Waals surface area contributed by atoms with Gasteiger partial charge in [-0.25, -0.2) is 0 Å². The maximum atomic E-state index is 6.46. The smallest absolute Gasteiger partial charge is 0.155 e. The molecule has 3 aliphatic rings. The number of nitrogens with zero attached hydrogens (tertiary/aromatic N) is 1. The summed E-state index contributed by atoms with van der Waals surface area (Å²) in [5, 5.41) is 0. The minimum absolute atomic E-state index is 0.0283. The van der Waals surface area contributed by atoms with Crippen LogP contribution in [0.15, 0.2) is 103 Å². The maximum absolute atomic E-state index is 6.46. The van der Waals surface area contributed by atoms with Crippen molar-refractivity contribution in [2.75, 3.05) is 4.90 Å². The Kier molecular flexibility index (Phi) is 3.73. The van der Waals surface area contributed by atoms with Gasteiger partial charge in [-0.1, -0.05) is 74.5 Å². The molecular weight excluding hydrogens is 442 g/mol. The SMILES string of the molecule is CC1(C)c2ccccc2-c2ccc(-c3ccc4c(c3)Oc3cccc5c3N4c3ccccc3O5)cc21. The number of hydrogen-bond donors (Lipinski definition) is 0. The Hall–Kier alpha value is -4.50. The standard InChI is InChI=1S/C33H23NO2/c1-33(2)24-9-4-3-8-22(24)23-16-14-20(18-25(23)33)21-15-17-27-31(19-21)36-30-13-7-12-29-32(30)34(27)26-10-5-6-11-28(26)35-29/h3-19H,1-2H3. The molecular formula is C33H23NO2. The highest BCUT2D eigenvalue weighted by Gasteiger charge is 2.36. The van der Waals surface area contributed by atoms with Gasteiger partial charge in [-0.05, 0) is 75.8 Å². The van der Waals surface area contributed by atoms with Crippen LogP contribution in [0.1, 0.15) is 25.0 Å². The predicted molar refractivity (Wildman–Crippen MR) is 144 cm³/mol. The largest absolute Gasteiger partial charge is 0.453 e. The fourth-order valence-corrected chi connectivity index (χ4v) is 6.07. The molecule has 172 valence electrons. The molecule has 0 aromatic heterocycles. The third-order valence-electron chi connectivity index (χ3n) is 7.85. The van der Waals surface area contributed by atoms with Gasteiger partial charge in [0.05, 0.1) is 11.4 Å². The summed E-state index contributed by atoms with van der Waals surface area (Å²) in [5.41, 5.74) is 10.7. The second-order valence-corrected chi connectivity index (χ2v) is 10.2. The Labute approximate surface area is 210 Å². The molecule has 5 aromatic rings. The Bertz CT molecular complexity index is 1730. The van der Waals surface area contributed by atoms with Gasteiger partial charge >= 0.3 is 0 Å². The third kappa shape index (κ3) is 2.52. The van der Waals surface area contributed by atoms with Crippen LogP contribution in [0.25, 0.3) is 22.3 Å². The molecule has 5 aromatic carbocycles. The van der Waals surface area contributed by atoms with Crippen LogP contribution in [-0.2, 0) is 5.41 Å². The van der Waals surface area contributed by atoms with Gasteiger partial charge in [0.1, 0.15) is 5.69 Å². The van der Waals surface area contributed by atoms with E-state index in [-0.39, 0.29) is 5.41 Å². The maximum Gasteiger partial charge on any atom is 0.155 e. The van der Waals surface area contributed by atoms with E-state index in [1.807, 2.05) is 36.4 Å². The fourth-order valence-electron chi connectivity index (χ4n) is 6.07. The van der Waals surface area contributed by atoms with Crippen LogP contribution in [0.5, 0.6) is 23.0 Å². The zero-order valence-corrected chi connectivity index (χ0v) is 20.1. The number of rotatable bonds is 1. The molecule has 2 heterocycles. The molecule has 1 aliphatic carbocycles. The Balaban J connectivity index is 1.27. The summed E-state index contributed by atoms with van der Waals surface area (Å²) in [6.07, 6.45) is 0. The van der Waals surface area contributed by atoms with Gasteiger partial charge < -0.3 is 9.47 Å². The first-order valence-electron chi connectivity index (χ1n) is 12.4. The molecule has 0 spiro atoms. The first-order chi connectivity index (χ1) is 17.6. The van der Waals surface area contributed by atoms with E-state index < -0.39 is 0 Å². The van der Waals surface area contributed by atoms with Gasteiger partial charge in [-0.3, -0.25) is 4.90 Å². The number of anilines is 3. The molecule has 0 radical (unpaired) electrons. The Morgan fingerprint density at radius 1 is 0.528 bits per heavy atom. The summed E-state index contributed by atoms with van der Waals surface area (Å²) in [6, 6.07) is 36.3. The molecule has 0 unspecified atom stereocenters. The average Bonchev–Trinajstić information content (AvgIpc) is 3.14. The summed E-state index contributed by atoms with van der Waals surface area (Å²) < 4.78 is 12.7. The van der Waals surface area contributed by atoms with Crippen molar-refractivity contribution in [2.24, 2.45) is 0 Å². The van der Waals surface area contributed by atoms with E-state index in [9.17, 15) is 0 Å². The number of fused-ring (bicyclic) bond motifs is 7. The van der Waals surface area contributed by atoms with Gasteiger partial charge in [0.2, 0.25) is 0 Å². The first kappa shape index (κ1) is 19.8. The quantitative estimate of drug-likeness (QED) is 0.241.